The minimum Gasteiger partial charge on any atom is -0.494 e. The van der Waals surface area contributed by atoms with Gasteiger partial charge in [-0.1, -0.05) is 6.07 Å². The van der Waals surface area contributed by atoms with Crippen LogP contribution in [0.15, 0.2) is 30.6 Å². The molecule has 5 nitrogen and oxygen atoms in total. The van der Waals surface area contributed by atoms with E-state index in [1.165, 1.54) is 13.2 Å². The van der Waals surface area contributed by atoms with Gasteiger partial charge in [-0.3, -0.25) is 4.68 Å². The fourth-order valence-corrected chi connectivity index (χ4v) is 2.06. The lowest BCUT2D eigenvalue weighted by atomic mass is 10.1. The molecule has 6 heteroatoms. The summed E-state index contributed by atoms with van der Waals surface area (Å²) in [5.74, 6) is -0.115. The van der Waals surface area contributed by atoms with Gasteiger partial charge in [-0.15, -0.1) is 0 Å². The average molecular weight is 293 g/mol. The maximum atomic E-state index is 13.7. The van der Waals surface area contributed by atoms with Crippen molar-refractivity contribution >= 4 is 0 Å². The zero-order valence-electron chi connectivity index (χ0n) is 12.2. The van der Waals surface area contributed by atoms with Crippen LogP contribution in [0.25, 0.3) is 0 Å². The topological polar surface area (TPSA) is 59.3 Å². The Kier molecular flexibility index (Phi) is 5.30. The monoisotopic (exact) mass is 293 g/mol. The summed E-state index contributed by atoms with van der Waals surface area (Å²) in [6.45, 7) is 3.15. The largest absolute Gasteiger partial charge is 0.494 e. The number of aliphatic hydroxyl groups excluding tert-OH is 1. The van der Waals surface area contributed by atoms with Crippen molar-refractivity contribution in [3.8, 4) is 5.75 Å². The van der Waals surface area contributed by atoms with Crippen molar-refractivity contribution < 1.29 is 14.2 Å². The second-order valence-electron chi connectivity index (χ2n) is 4.83. The van der Waals surface area contributed by atoms with Gasteiger partial charge in [0.25, 0.3) is 0 Å². The highest BCUT2D eigenvalue weighted by Gasteiger charge is 2.09. The molecule has 1 aromatic carbocycles. The van der Waals surface area contributed by atoms with Crippen LogP contribution in [0.1, 0.15) is 24.1 Å². The Bertz CT molecular complexity index is 586. The van der Waals surface area contributed by atoms with E-state index >= 15 is 0 Å². The molecule has 0 fully saturated rings. The molecule has 0 radical (unpaired) electrons. The smallest absolute Gasteiger partial charge is 0.165 e. The van der Waals surface area contributed by atoms with Crippen LogP contribution in [-0.2, 0) is 13.1 Å². The maximum absolute atomic E-state index is 13.7. The van der Waals surface area contributed by atoms with Crippen LogP contribution in [0.3, 0.4) is 0 Å². The highest BCUT2D eigenvalue weighted by atomic mass is 19.1. The van der Waals surface area contributed by atoms with Crippen LogP contribution in [0, 0.1) is 5.82 Å². The Hall–Kier alpha value is -1.92. The molecule has 0 spiro atoms. The van der Waals surface area contributed by atoms with Crippen molar-refractivity contribution in [2.45, 2.75) is 26.1 Å². The van der Waals surface area contributed by atoms with Gasteiger partial charge < -0.3 is 15.2 Å². The van der Waals surface area contributed by atoms with Crippen LogP contribution in [0.4, 0.5) is 4.39 Å². The number of methoxy groups -OCH3 is 1. The Labute approximate surface area is 123 Å². The average Bonchev–Trinajstić information content (AvgIpc) is 2.93. The molecule has 0 aliphatic heterocycles. The Morgan fingerprint density at radius 3 is 2.95 bits per heavy atom. The molecule has 1 heterocycles. The minimum absolute atomic E-state index is 0.00611. The van der Waals surface area contributed by atoms with E-state index in [-0.39, 0.29) is 24.2 Å². The number of hydrogen-bond donors (Lipinski definition) is 2. The number of nitrogens with zero attached hydrogens (tertiary/aromatic N) is 2. The molecule has 0 aliphatic rings. The quantitative estimate of drug-likeness (QED) is 0.818. The first-order valence-corrected chi connectivity index (χ1v) is 6.83. The van der Waals surface area contributed by atoms with E-state index in [0.29, 0.717) is 13.1 Å². The summed E-state index contributed by atoms with van der Waals surface area (Å²) in [7, 11) is 1.45. The summed E-state index contributed by atoms with van der Waals surface area (Å²) in [6, 6.07) is 4.95. The number of ether oxygens (including phenoxy) is 1. The second kappa shape index (κ2) is 7.19. The van der Waals surface area contributed by atoms with Crippen LogP contribution in [0.2, 0.25) is 0 Å². The molecule has 114 valence electrons. The van der Waals surface area contributed by atoms with Crippen molar-refractivity contribution in [3.63, 3.8) is 0 Å². The number of aliphatic hydroxyl groups is 1. The summed E-state index contributed by atoms with van der Waals surface area (Å²) in [5.41, 5.74) is 1.88. The minimum atomic E-state index is -0.362. The van der Waals surface area contributed by atoms with Crippen LogP contribution >= 0.6 is 0 Å². The summed E-state index contributed by atoms with van der Waals surface area (Å²) in [5, 5.41) is 16.3. The molecule has 0 bridgehead atoms. The molecule has 1 aromatic heterocycles. The molecule has 21 heavy (non-hydrogen) atoms. The normalized spacial score (nSPS) is 12.4. The van der Waals surface area contributed by atoms with Crippen molar-refractivity contribution in [3.05, 3.63) is 47.5 Å². The standard InChI is InChI=1S/C15H20FN3O2/c1-11(13-3-4-15(21-2)14(16)7-13)17-8-12-9-18-19(10-12)5-6-20/h3-4,7,9-11,17,20H,5-6,8H2,1-2H3. The van der Waals surface area contributed by atoms with Gasteiger partial charge in [0.1, 0.15) is 0 Å². The Morgan fingerprint density at radius 1 is 1.48 bits per heavy atom. The Balaban J connectivity index is 1.94. The third kappa shape index (κ3) is 4.03. The Morgan fingerprint density at radius 2 is 2.29 bits per heavy atom. The fraction of sp³-hybridized carbons (Fsp3) is 0.400. The predicted octanol–water partition coefficient (Wildman–Crippen LogP) is 1.87. The number of benzene rings is 1. The van der Waals surface area contributed by atoms with E-state index in [2.05, 4.69) is 10.4 Å². The zero-order chi connectivity index (χ0) is 15.2. The van der Waals surface area contributed by atoms with Gasteiger partial charge in [0.15, 0.2) is 11.6 Å². The molecular weight excluding hydrogens is 273 g/mol. The summed E-state index contributed by atoms with van der Waals surface area (Å²) >= 11 is 0. The van der Waals surface area contributed by atoms with Gasteiger partial charge in [0.05, 0.1) is 26.5 Å². The molecule has 1 unspecified atom stereocenters. The van der Waals surface area contributed by atoms with Gasteiger partial charge in [0.2, 0.25) is 0 Å². The number of hydrogen-bond acceptors (Lipinski definition) is 4. The summed E-state index contributed by atoms with van der Waals surface area (Å²) in [4.78, 5) is 0. The van der Waals surface area contributed by atoms with Crippen LogP contribution in [-0.4, -0.2) is 28.6 Å². The van der Waals surface area contributed by atoms with Gasteiger partial charge >= 0.3 is 0 Å². The molecular formula is C15H20FN3O2. The molecule has 0 saturated heterocycles. The molecule has 0 amide bonds. The molecule has 2 rings (SSSR count). The first kappa shape index (κ1) is 15.5. The van der Waals surface area contributed by atoms with Gasteiger partial charge in [-0.2, -0.15) is 5.10 Å². The van der Waals surface area contributed by atoms with E-state index in [4.69, 9.17) is 9.84 Å². The SMILES string of the molecule is COc1ccc(C(C)NCc2cnn(CCO)c2)cc1F. The molecule has 0 saturated carbocycles. The molecule has 1 atom stereocenters. The second-order valence-corrected chi connectivity index (χ2v) is 4.83. The van der Waals surface area contributed by atoms with Crippen molar-refractivity contribution in [1.82, 2.24) is 15.1 Å². The summed E-state index contributed by atoms with van der Waals surface area (Å²) < 4.78 is 20.3. The fourth-order valence-electron chi connectivity index (χ4n) is 2.06. The molecule has 2 N–H and O–H groups in total. The predicted molar refractivity (Wildman–Crippen MR) is 77.5 cm³/mol. The van der Waals surface area contributed by atoms with E-state index in [1.807, 2.05) is 19.2 Å². The number of nitrogens with one attached hydrogen (secondary N) is 1. The highest BCUT2D eigenvalue weighted by molar-refractivity contribution is 5.30. The lowest BCUT2D eigenvalue weighted by Crippen LogP contribution is -2.18. The van der Waals surface area contributed by atoms with E-state index in [0.717, 1.165) is 11.1 Å². The van der Waals surface area contributed by atoms with Crippen LogP contribution < -0.4 is 10.1 Å². The number of halogens is 1. The van der Waals surface area contributed by atoms with E-state index in [9.17, 15) is 4.39 Å². The lowest BCUT2D eigenvalue weighted by molar-refractivity contribution is 0.269. The number of aromatic nitrogens is 2. The van der Waals surface area contributed by atoms with Crippen molar-refractivity contribution in [1.29, 1.82) is 0 Å². The van der Waals surface area contributed by atoms with E-state index in [1.54, 1.807) is 16.9 Å². The van der Waals surface area contributed by atoms with Gasteiger partial charge in [0, 0.05) is 24.3 Å². The summed E-state index contributed by atoms with van der Waals surface area (Å²) in [6.07, 6.45) is 3.63. The maximum Gasteiger partial charge on any atom is 0.165 e. The number of rotatable bonds is 7. The zero-order valence-corrected chi connectivity index (χ0v) is 12.2. The third-order valence-electron chi connectivity index (χ3n) is 3.30. The van der Waals surface area contributed by atoms with Gasteiger partial charge in [-0.25, -0.2) is 4.39 Å². The van der Waals surface area contributed by atoms with Crippen molar-refractivity contribution in [2.24, 2.45) is 0 Å². The third-order valence-corrected chi connectivity index (χ3v) is 3.30. The van der Waals surface area contributed by atoms with Crippen LogP contribution in [0.5, 0.6) is 5.75 Å². The van der Waals surface area contributed by atoms with E-state index < -0.39 is 0 Å². The molecule has 0 aliphatic carbocycles. The first-order valence-electron chi connectivity index (χ1n) is 6.83. The van der Waals surface area contributed by atoms with Crippen molar-refractivity contribution in [2.75, 3.05) is 13.7 Å². The molecule has 2 aromatic rings. The van der Waals surface area contributed by atoms with Gasteiger partial charge in [-0.05, 0) is 24.6 Å². The highest BCUT2D eigenvalue weighted by Crippen LogP contribution is 2.21. The first-order chi connectivity index (χ1) is 10.1. The lowest BCUT2D eigenvalue weighted by Gasteiger charge is -2.14.